The van der Waals surface area contributed by atoms with Gasteiger partial charge in [0.05, 0.1) is 5.56 Å². The molecule has 1 N–H and O–H groups in total. The molecule has 0 bridgehead atoms. The molecule has 3 rings (SSSR count). The Kier molecular flexibility index (Phi) is 4.80. The molecule has 2 fully saturated rings. The van der Waals surface area contributed by atoms with Gasteiger partial charge in [0.2, 0.25) is 0 Å². The van der Waals surface area contributed by atoms with Crippen LogP contribution in [0.5, 0.6) is 0 Å². The van der Waals surface area contributed by atoms with Crippen molar-refractivity contribution in [3.8, 4) is 0 Å². The van der Waals surface area contributed by atoms with Gasteiger partial charge >= 0.3 is 6.18 Å². The normalized spacial score (nSPS) is 25.7. The molecule has 2 heterocycles. The third kappa shape index (κ3) is 3.49. The van der Waals surface area contributed by atoms with E-state index >= 15 is 0 Å². The van der Waals surface area contributed by atoms with Crippen molar-refractivity contribution in [2.45, 2.75) is 12.7 Å². The van der Waals surface area contributed by atoms with Crippen LogP contribution in [0.2, 0.25) is 0 Å². The number of alkyl halides is 3. The van der Waals surface area contributed by atoms with Gasteiger partial charge in [0.1, 0.15) is 5.82 Å². The van der Waals surface area contributed by atoms with Crippen LogP contribution < -0.4 is 5.32 Å². The Labute approximate surface area is 126 Å². The maximum absolute atomic E-state index is 13.1. The van der Waals surface area contributed by atoms with Crippen molar-refractivity contribution in [2.75, 3.05) is 26.2 Å². The molecule has 0 unspecified atom stereocenters. The molecular weight excluding hydrogens is 308 g/mol. The summed E-state index contributed by atoms with van der Waals surface area (Å²) in [7, 11) is 0. The molecule has 2 nitrogen and oxygen atoms in total. The third-order valence-corrected chi connectivity index (χ3v) is 4.24. The van der Waals surface area contributed by atoms with Gasteiger partial charge < -0.3 is 5.32 Å². The van der Waals surface area contributed by atoms with Crippen molar-refractivity contribution >= 4 is 12.4 Å². The van der Waals surface area contributed by atoms with Gasteiger partial charge in [0.15, 0.2) is 0 Å². The van der Waals surface area contributed by atoms with E-state index in [-0.39, 0.29) is 24.5 Å². The van der Waals surface area contributed by atoms with Crippen molar-refractivity contribution in [3.63, 3.8) is 0 Å². The lowest BCUT2D eigenvalue weighted by Gasteiger charge is -2.20. The summed E-state index contributed by atoms with van der Waals surface area (Å²) in [5.41, 5.74) is -0.695. The fraction of sp³-hybridized carbons (Fsp3) is 0.571. The molecule has 118 valence electrons. The summed E-state index contributed by atoms with van der Waals surface area (Å²) in [5.74, 6) is 0.220. The Balaban J connectivity index is 0.00000161. The van der Waals surface area contributed by atoms with Gasteiger partial charge in [0, 0.05) is 19.6 Å². The number of fused-ring (bicyclic) bond motifs is 1. The smallest absolute Gasteiger partial charge is 0.316 e. The summed E-state index contributed by atoms with van der Waals surface area (Å²) in [4.78, 5) is 2.04. The first-order chi connectivity index (χ1) is 9.43. The molecule has 1 aromatic rings. The zero-order valence-electron chi connectivity index (χ0n) is 11.3. The fourth-order valence-corrected chi connectivity index (χ4v) is 3.27. The molecule has 0 amide bonds. The van der Waals surface area contributed by atoms with E-state index in [0.29, 0.717) is 17.9 Å². The summed E-state index contributed by atoms with van der Waals surface area (Å²) in [5, 5.41) is 3.30. The average Bonchev–Trinajstić information content (AvgIpc) is 2.90. The van der Waals surface area contributed by atoms with Crippen molar-refractivity contribution < 1.29 is 17.6 Å². The van der Waals surface area contributed by atoms with E-state index < -0.39 is 17.6 Å². The molecule has 2 aliphatic rings. The third-order valence-electron chi connectivity index (χ3n) is 4.24. The first-order valence-electron chi connectivity index (χ1n) is 6.72. The second kappa shape index (κ2) is 6.10. The van der Waals surface area contributed by atoms with Crippen LogP contribution in [0.1, 0.15) is 11.1 Å². The van der Waals surface area contributed by atoms with Gasteiger partial charge in [-0.25, -0.2) is 4.39 Å². The molecule has 0 spiro atoms. The van der Waals surface area contributed by atoms with E-state index in [1.165, 1.54) is 6.07 Å². The molecule has 0 aromatic heterocycles. The second-order valence-corrected chi connectivity index (χ2v) is 5.67. The number of nitrogens with one attached hydrogen (secondary N) is 1. The number of likely N-dealkylation sites (tertiary alicyclic amines) is 1. The summed E-state index contributed by atoms with van der Waals surface area (Å²) in [6.07, 6.45) is -4.51. The Bertz CT molecular complexity index is 494. The zero-order chi connectivity index (χ0) is 14.3. The lowest BCUT2D eigenvalue weighted by Crippen LogP contribution is -2.26. The van der Waals surface area contributed by atoms with Crippen LogP contribution in [0.3, 0.4) is 0 Å². The van der Waals surface area contributed by atoms with Gasteiger partial charge in [-0.05, 0) is 42.6 Å². The molecule has 0 aliphatic carbocycles. The fourth-order valence-electron chi connectivity index (χ4n) is 3.27. The van der Waals surface area contributed by atoms with E-state index in [1.54, 1.807) is 0 Å². The first-order valence-corrected chi connectivity index (χ1v) is 6.72. The van der Waals surface area contributed by atoms with Crippen LogP contribution in [0.25, 0.3) is 0 Å². The predicted molar refractivity (Wildman–Crippen MR) is 73.8 cm³/mol. The minimum atomic E-state index is -4.51. The molecule has 0 saturated carbocycles. The number of hydrogen-bond acceptors (Lipinski definition) is 2. The van der Waals surface area contributed by atoms with Crippen LogP contribution in [-0.4, -0.2) is 31.1 Å². The Hall–Kier alpha value is -0.850. The highest BCUT2D eigenvalue weighted by Gasteiger charge is 2.38. The highest BCUT2D eigenvalue weighted by molar-refractivity contribution is 5.85. The topological polar surface area (TPSA) is 15.3 Å². The molecular formula is C14H17ClF4N2. The van der Waals surface area contributed by atoms with E-state index in [9.17, 15) is 17.6 Å². The number of hydrogen-bond donors (Lipinski definition) is 1. The average molecular weight is 325 g/mol. The first kappa shape index (κ1) is 16.5. The standard InChI is InChI=1S/C14H16F4N2.ClH/c15-12-2-1-9(13(3-12)14(16,17)18)6-20-7-10-4-19-5-11(10)8-20;/h1-3,10-11,19H,4-8H2;1H/t10-,11+;. The Morgan fingerprint density at radius 1 is 1.14 bits per heavy atom. The van der Waals surface area contributed by atoms with Crippen LogP contribution in [0, 0.1) is 17.7 Å². The quantitative estimate of drug-likeness (QED) is 0.842. The molecule has 1 aromatic carbocycles. The van der Waals surface area contributed by atoms with E-state index in [1.807, 2.05) is 4.90 Å². The number of rotatable bonds is 2. The molecule has 2 aliphatic heterocycles. The summed E-state index contributed by atoms with van der Waals surface area (Å²) < 4.78 is 51.9. The van der Waals surface area contributed by atoms with Crippen molar-refractivity contribution in [1.82, 2.24) is 10.2 Å². The van der Waals surface area contributed by atoms with Crippen molar-refractivity contribution in [2.24, 2.45) is 11.8 Å². The lowest BCUT2D eigenvalue weighted by atomic mass is 10.0. The summed E-state index contributed by atoms with van der Waals surface area (Å²) in [6.45, 7) is 3.74. The molecule has 7 heteroatoms. The lowest BCUT2D eigenvalue weighted by molar-refractivity contribution is -0.138. The molecule has 2 saturated heterocycles. The molecule has 0 radical (unpaired) electrons. The van der Waals surface area contributed by atoms with Gasteiger partial charge in [0.25, 0.3) is 0 Å². The Morgan fingerprint density at radius 3 is 2.33 bits per heavy atom. The summed E-state index contributed by atoms with van der Waals surface area (Å²) >= 11 is 0. The van der Waals surface area contributed by atoms with Gasteiger partial charge in [-0.1, -0.05) is 6.07 Å². The zero-order valence-corrected chi connectivity index (χ0v) is 12.1. The van der Waals surface area contributed by atoms with Crippen LogP contribution in [-0.2, 0) is 12.7 Å². The maximum Gasteiger partial charge on any atom is 0.416 e. The molecule has 2 atom stereocenters. The van der Waals surface area contributed by atoms with Crippen molar-refractivity contribution in [1.29, 1.82) is 0 Å². The van der Waals surface area contributed by atoms with Crippen LogP contribution in [0.4, 0.5) is 17.6 Å². The van der Waals surface area contributed by atoms with E-state index in [0.717, 1.165) is 32.2 Å². The van der Waals surface area contributed by atoms with Gasteiger partial charge in [-0.3, -0.25) is 4.90 Å². The monoisotopic (exact) mass is 324 g/mol. The van der Waals surface area contributed by atoms with E-state index in [4.69, 9.17) is 0 Å². The SMILES string of the molecule is Cl.Fc1ccc(CN2C[C@H]3CNC[C@H]3C2)c(C(F)(F)F)c1. The number of benzene rings is 1. The molecule has 21 heavy (non-hydrogen) atoms. The van der Waals surface area contributed by atoms with Gasteiger partial charge in [-0.2, -0.15) is 13.2 Å². The maximum atomic E-state index is 13.1. The number of nitrogens with zero attached hydrogens (tertiary/aromatic N) is 1. The van der Waals surface area contributed by atoms with Gasteiger partial charge in [-0.15, -0.1) is 12.4 Å². The van der Waals surface area contributed by atoms with Crippen molar-refractivity contribution in [3.05, 3.63) is 35.1 Å². The van der Waals surface area contributed by atoms with Crippen LogP contribution >= 0.6 is 12.4 Å². The highest BCUT2D eigenvalue weighted by atomic mass is 35.5. The highest BCUT2D eigenvalue weighted by Crippen LogP contribution is 2.34. The minimum Gasteiger partial charge on any atom is -0.316 e. The van der Waals surface area contributed by atoms with Crippen LogP contribution in [0.15, 0.2) is 18.2 Å². The second-order valence-electron chi connectivity index (χ2n) is 5.67. The minimum absolute atomic E-state index is 0. The number of halogens is 5. The largest absolute Gasteiger partial charge is 0.416 e. The summed E-state index contributed by atoms with van der Waals surface area (Å²) in [6, 6.07) is 2.95. The van der Waals surface area contributed by atoms with E-state index in [2.05, 4.69) is 5.32 Å². The Morgan fingerprint density at radius 2 is 1.76 bits per heavy atom. The predicted octanol–water partition coefficient (Wildman–Crippen LogP) is 2.92.